The molecule has 1 aliphatic heterocycles. The van der Waals surface area contributed by atoms with Crippen LogP contribution in [0.5, 0.6) is 0 Å². The minimum absolute atomic E-state index is 0.0652. The lowest BCUT2D eigenvalue weighted by Gasteiger charge is -2.33. The van der Waals surface area contributed by atoms with Gasteiger partial charge in [-0.3, -0.25) is 0 Å². The van der Waals surface area contributed by atoms with Gasteiger partial charge in [0.2, 0.25) is 0 Å². The van der Waals surface area contributed by atoms with Crippen LogP contribution in [0.3, 0.4) is 0 Å². The van der Waals surface area contributed by atoms with Crippen LogP contribution in [-0.2, 0) is 0 Å². The first-order chi connectivity index (χ1) is 19.8. The van der Waals surface area contributed by atoms with E-state index >= 15 is 0 Å². The molecule has 1 aliphatic carbocycles. The molecule has 0 spiro atoms. The maximum atomic E-state index is 14.0. The molecular formula is C34H48ClFN2O2S. The van der Waals surface area contributed by atoms with E-state index in [1.807, 2.05) is 32.9 Å². The Bertz CT molecular complexity index is 1180. The van der Waals surface area contributed by atoms with E-state index in [9.17, 15) is 9.50 Å². The summed E-state index contributed by atoms with van der Waals surface area (Å²) in [7, 11) is 1.00. The molecule has 1 heterocycles. The van der Waals surface area contributed by atoms with Gasteiger partial charge in [0.05, 0.1) is 22.9 Å². The number of allylic oxidation sites excluding steroid dienone is 5. The maximum Gasteiger partial charge on any atom is 0.134 e. The molecule has 2 aliphatic rings. The van der Waals surface area contributed by atoms with Crippen molar-refractivity contribution in [3.05, 3.63) is 88.9 Å². The van der Waals surface area contributed by atoms with Gasteiger partial charge in [0.25, 0.3) is 0 Å². The van der Waals surface area contributed by atoms with Crippen molar-refractivity contribution in [2.24, 2.45) is 0 Å². The summed E-state index contributed by atoms with van der Waals surface area (Å²) in [6.07, 6.45) is 18.4. The first kappa shape index (κ1) is 36.5. The Morgan fingerprint density at radius 3 is 2.24 bits per heavy atom. The first-order valence-corrected chi connectivity index (χ1v) is 15.7. The quantitative estimate of drug-likeness (QED) is 0.174. The number of hydrogen-bond acceptors (Lipinski definition) is 5. The smallest absolute Gasteiger partial charge is 0.134 e. The zero-order chi connectivity index (χ0) is 30.8. The van der Waals surface area contributed by atoms with Crippen LogP contribution in [0.1, 0.15) is 85.1 Å². The summed E-state index contributed by atoms with van der Waals surface area (Å²) in [6.45, 7) is 14.3. The maximum absolute atomic E-state index is 14.0. The summed E-state index contributed by atoms with van der Waals surface area (Å²) in [5.74, 6) is -0.836. The summed E-state index contributed by atoms with van der Waals surface area (Å²) in [6, 6.07) is 8.46. The van der Waals surface area contributed by atoms with Gasteiger partial charge in [-0.2, -0.15) is 0 Å². The summed E-state index contributed by atoms with van der Waals surface area (Å²) >= 11 is 8.22. The number of anilines is 1. The van der Waals surface area contributed by atoms with Gasteiger partial charge in [-0.15, -0.1) is 0 Å². The van der Waals surface area contributed by atoms with Gasteiger partial charge in [0.1, 0.15) is 11.6 Å². The van der Waals surface area contributed by atoms with E-state index in [0.29, 0.717) is 17.3 Å². The molecular weight excluding hydrogens is 555 g/mol. The number of benzene rings is 2. The van der Waals surface area contributed by atoms with E-state index in [1.165, 1.54) is 62.1 Å². The van der Waals surface area contributed by atoms with E-state index in [2.05, 4.69) is 54.4 Å². The normalized spacial score (nSPS) is 15.0. The highest BCUT2D eigenvalue weighted by Gasteiger charge is 2.22. The Kier molecular flexibility index (Phi) is 18.2. The van der Waals surface area contributed by atoms with Crippen LogP contribution < -0.4 is 9.62 Å². The Morgan fingerprint density at radius 1 is 1.10 bits per heavy atom. The molecule has 4 nitrogen and oxygen atoms in total. The second-order valence-corrected chi connectivity index (χ2v) is 10.6. The van der Waals surface area contributed by atoms with Crippen LogP contribution >= 0.6 is 23.5 Å². The monoisotopic (exact) mass is 602 g/mol. The standard InChI is InChI=1S/C25H26ClFN2OS.C6H12.C2H6.CH4O/c1-5-7-8-19(11-16(3)6-2)29-15-28-31-25-13-21(22(26)14-24(25)29)18-9-10-23(27)20(12-18)17(4)30;1-2-4-6-5-3-1;2*1-2/h6-14,28,30H,4-5,15H2,1-3H3;1-6H2;1-2H3;2H,1H3/b8-7-,16-6-,19-11+;;;. The molecule has 1 fully saturated rings. The van der Waals surface area contributed by atoms with Crippen LogP contribution in [-0.4, -0.2) is 24.0 Å². The van der Waals surface area contributed by atoms with Crippen molar-refractivity contribution in [1.29, 1.82) is 0 Å². The van der Waals surface area contributed by atoms with Crippen LogP contribution in [0, 0.1) is 5.82 Å². The van der Waals surface area contributed by atoms with Crippen molar-refractivity contribution >= 4 is 35.0 Å². The topological polar surface area (TPSA) is 55.7 Å². The number of nitrogens with one attached hydrogen (secondary N) is 1. The number of nitrogens with zero attached hydrogens (tertiary/aromatic N) is 1. The van der Waals surface area contributed by atoms with Gasteiger partial charge in [-0.25, -0.2) is 9.11 Å². The number of rotatable bonds is 6. The molecule has 0 atom stereocenters. The predicted molar refractivity (Wildman–Crippen MR) is 179 cm³/mol. The SMILES string of the molecule is C1CCCCC1.C=C(O)c1cc(-c2cc3c(cc2Cl)N(C(/C=C\CC)=C/C(C)=C\C)CNS3)ccc1F.CC.CO. The van der Waals surface area contributed by atoms with E-state index in [4.69, 9.17) is 16.7 Å². The van der Waals surface area contributed by atoms with Crippen LogP contribution in [0.15, 0.2) is 77.4 Å². The molecule has 2 aromatic carbocycles. The van der Waals surface area contributed by atoms with Gasteiger partial charge in [-0.05, 0) is 74.2 Å². The van der Waals surface area contributed by atoms with Crippen molar-refractivity contribution in [2.75, 3.05) is 18.7 Å². The lowest BCUT2D eigenvalue weighted by Crippen LogP contribution is -2.33. The lowest BCUT2D eigenvalue weighted by atomic mass is 10.0. The fraction of sp³-hybridized carbons (Fsp3) is 0.412. The first-order valence-electron chi connectivity index (χ1n) is 14.5. The number of halogens is 2. The highest BCUT2D eigenvalue weighted by atomic mass is 35.5. The fourth-order valence-electron chi connectivity index (χ4n) is 4.29. The Morgan fingerprint density at radius 2 is 1.71 bits per heavy atom. The average Bonchev–Trinajstić information content (AvgIpc) is 3.02. The largest absolute Gasteiger partial charge is 0.508 e. The molecule has 0 amide bonds. The lowest BCUT2D eigenvalue weighted by molar-refractivity contribution is 0.399. The number of aliphatic hydroxyl groups excluding tert-OH is 2. The zero-order valence-electron chi connectivity index (χ0n) is 25.6. The fourth-order valence-corrected chi connectivity index (χ4v) is 5.36. The molecule has 3 N–H and O–H groups in total. The number of fused-ring (bicyclic) bond motifs is 1. The highest BCUT2D eigenvalue weighted by Crippen LogP contribution is 2.42. The van der Waals surface area contributed by atoms with E-state index in [0.717, 1.165) is 35.4 Å². The van der Waals surface area contributed by atoms with Crippen LogP contribution in [0.4, 0.5) is 10.1 Å². The van der Waals surface area contributed by atoms with Crippen molar-refractivity contribution < 1.29 is 14.6 Å². The molecule has 1 saturated carbocycles. The van der Waals surface area contributed by atoms with E-state index in [1.54, 1.807) is 12.1 Å². The van der Waals surface area contributed by atoms with E-state index < -0.39 is 5.82 Å². The third-order valence-corrected chi connectivity index (χ3v) is 7.63. The summed E-state index contributed by atoms with van der Waals surface area (Å²) in [5.41, 5.74) is 4.77. The van der Waals surface area contributed by atoms with Gasteiger partial charge in [-0.1, -0.05) is 101 Å². The van der Waals surface area contributed by atoms with Crippen LogP contribution in [0.25, 0.3) is 16.9 Å². The average molecular weight is 603 g/mol. The van der Waals surface area contributed by atoms with Crippen LogP contribution in [0.2, 0.25) is 5.02 Å². The van der Waals surface area contributed by atoms with Crippen molar-refractivity contribution in [3.63, 3.8) is 0 Å². The number of hydrogen-bond donors (Lipinski definition) is 3. The van der Waals surface area contributed by atoms with E-state index in [-0.39, 0.29) is 11.3 Å². The molecule has 0 saturated heterocycles. The third-order valence-electron chi connectivity index (χ3n) is 6.50. The van der Waals surface area contributed by atoms with Gasteiger partial charge in [0.15, 0.2) is 0 Å². The Balaban J connectivity index is 0.000000722. The third kappa shape index (κ3) is 11.4. The molecule has 7 heteroatoms. The van der Waals surface area contributed by atoms with Gasteiger partial charge >= 0.3 is 0 Å². The minimum atomic E-state index is -0.524. The zero-order valence-corrected chi connectivity index (χ0v) is 27.1. The van der Waals surface area contributed by atoms with Gasteiger partial charge < -0.3 is 15.1 Å². The van der Waals surface area contributed by atoms with Crippen molar-refractivity contribution in [2.45, 2.75) is 84.5 Å². The number of aliphatic hydroxyl groups is 2. The molecule has 0 bridgehead atoms. The summed E-state index contributed by atoms with van der Waals surface area (Å²) in [4.78, 5) is 3.19. The summed E-state index contributed by atoms with van der Waals surface area (Å²) in [5, 5.41) is 17.2. The second-order valence-electron chi connectivity index (χ2n) is 9.31. The highest BCUT2D eigenvalue weighted by molar-refractivity contribution is 7.97. The predicted octanol–water partition coefficient (Wildman–Crippen LogP) is 10.8. The summed E-state index contributed by atoms with van der Waals surface area (Å²) < 4.78 is 17.4. The Labute approximate surface area is 256 Å². The second kappa shape index (κ2) is 20.4. The molecule has 2 aromatic rings. The molecule has 0 aromatic heterocycles. The molecule has 4 rings (SSSR count). The molecule has 0 unspecified atom stereocenters. The van der Waals surface area contributed by atoms with Gasteiger partial charge in [0, 0.05) is 23.3 Å². The molecule has 226 valence electrons. The molecule has 41 heavy (non-hydrogen) atoms. The minimum Gasteiger partial charge on any atom is -0.508 e. The molecule has 0 radical (unpaired) electrons. The van der Waals surface area contributed by atoms with Crippen molar-refractivity contribution in [3.8, 4) is 11.1 Å². The van der Waals surface area contributed by atoms with Crippen molar-refractivity contribution in [1.82, 2.24) is 4.72 Å². The Hall–Kier alpha value is -2.51.